The molecule has 3 nitrogen and oxygen atoms in total. The number of hydrogen-bond acceptors (Lipinski definition) is 1. The van der Waals surface area contributed by atoms with Crippen molar-refractivity contribution >= 4 is 11.7 Å². The highest BCUT2D eigenvalue weighted by Gasteiger charge is 2.22. The average molecular weight is 308 g/mol. The minimum Gasteiger partial charge on any atom is -0.334 e. The Bertz CT molecular complexity index is 696. The lowest BCUT2D eigenvalue weighted by Gasteiger charge is -2.18. The van der Waals surface area contributed by atoms with E-state index in [4.69, 9.17) is 0 Å². The fourth-order valence-electron chi connectivity index (χ4n) is 3.34. The summed E-state index contributed by atoms with van der Waals surface area (Å²) in [6.45, 7) is 6.32. The first-order chi connectivity index (χ1) is 11.0. The molecule has 2 aromatic rings. The summed E-state index contributed by atoms with van der Waals surface area (Å²) >= 11 is 0. The molecule has 0 spiro atoms. The van der Waals surface area contributed by atoms with Gasteiger partial charge in [0.25, 0.3) is 0 Å². The third-order valence-corrected chi connectivity index (χ3v) is 4.55. The summed E-state index contributed by atoms with van der Waals surface area (Å²) in [5.41, 5.74) is 5.90. The Morgan fingerprint density at radius 2 is 1.70 bits per heavy atom. The van der Waals surface area contributed by atoms with Crippen LogP contribution in [0.2, 0.25) is 0 Å². The second-order valence-electron chi connectivity index (χ2n) is 6.67. The molecule has 1 aliphatic carbocycles. The van der Waals surface area contributed by atoms with Gasteiger partial charge in [0.2, 0.25) is 0 Å². The standard InChI is InChI=1S/C20H24N2O/c1-13(2)18-10-6-7-14(3)19(18)22-20(23)21-17-11-15-8-4-5-9-16(15)12-17/h4-10,13,17H,11-12H2,1-3H3,(H2,21,22,23). The van der Waals surface area contributed by atoms with Gasteiger partial charge in [0.05, 0.1) is 0 Å². The van der Waals surface area contributed by atoms with Gasteiger partial charge >= 0.3 is 6.03 Å². The number of urea groups is 1. The number of para-hydroxylation sites is 1. The largest absolute Gasteiger partial charge is 0.334 e. The van der Waals surface area contributed by atoms with Crippen LogP contribution in [-0.2, 0) is 12.8 Å². The lowest BCUT2D eigenvalue weighted by atomic mass is 9.98. The molecular weight excluding hydrogens is 284 g/mol. The topological polar surface area (TPSA) is 41.1 Å². The predicted octanol–water partition coefficient (Wildman–Crippen LogP) is 4.41. The fraction of sp³-hybridized carbons (Fsp3) is 0.350. The zero-order valence-corrected chi connectivity index (χ0v) is 14.0. The number of carbonyl (C=O) groups is 1. The zero-order chi connectivity index (χ0) is 16.4. The van der Waals surface area contributed by atoms with Crippen LogP contribution >= 0.6 is 0 Å². The minimum absolute atomic E-state index is 0.112. The van der Waals surface area contributed by atoms with Gasteiger partial charge in [0.15, 0.2) is 0 Å². The number of rotatable bonds is 3. The molecular formula is C20H24N2O. The number of amides is 2. The van der Waals surface area contributed by atoms with Gasteiger partial charge < -0.3 is 10.6 Å². The first kappa shape index (κ1) is 15.6. The average Bonchev–Trinajstić information content (AvgIpc) is 2.91. The van der Waals surface area contributed by atoms with Crippen molar-refractivity contribution in [3.63, 3.8) is 0 Å². The molecule has 0 unspecified atom stereocenters. The summed E-state index contributed by atoms with van der Waals surface area (Å²) < 4.78 is 0. The predicted molar refractivity (Wildman–Crippen MR) is 95.1 cm³/mol. The molecule has 0 radical (unpaired) electrons. The van der Waals surface area contributed by atoms with Gasteiger partial charge in [-0.1, -0.05) is 56.3 Å². The molecule has 0 saturated carbocycles. The van der Waals surface area contributed by atoms with Gasteiger partial charge in [-0.3, -0.25) is 0 Å². The van der Waals surface area contributed by atoms with E-state index in [2.05, 4.69) is 54.8 Å². The lowest BCUT2D eigenvalue weighted by Crippen LogP contribution is -2.38. The second kappa shape index (κ2) is 6.45. The summed E-state index contributed by atoms with van der Waals surface area (Å²) in [6.07, 6.45) is 1.82. The van der Waals surface area contributed by atoms with E-state index in [1.807, 2.05) is 19.1 Å². The first-order valence-corrected chi connectivity index (χ1v) is 8.28. The van der Waals surface area contributed by atoms with E-state index in [0.717, 1.165) is 24.1 Å². The molecule has 3 heteroatoms. The molecule has 0 fully saturated rings. The highest BCUT2D eigenvalue weighted by Crippen LogP contribution is 2.27. The third kappa shape index (κ3) is 3.39. The summed E-state index contributed by atoms with van der Waals surface area (Å²) in [6, 6.07) is 14.6. The SMILES string of the molecule is Cc1cccc(C(C)C)c1NC(=O)NC1Cc2ccccc2C1. The number of aryl methyl sites for hydroxylation is 1. The van der Waals surface area contributed by atoms with E-state index in [9.17, 15) is 4.79 Å². The van der Waals surface area contributed by atoms with E-state index in [1.54, 1.807) is 0 Å². The van der Waals surface area contributed by atoms with E-state index >= 15 is 0 Å². The van der Waals surface area contributed by atoms with Crippen LogP contribution in [0.4, 0.5) is 10.5 Å². The van der Waals surface area contributed by atoms with Gasteiger partial charge in [-0.25, -0.2) is 4.79 Å². The van der Waals surface area contributed by atoms with E-state index < -0.39 is 0 Å². The molecule has 0 heterocycles. The van der Waals surface area contributed by atoms with Crippen molar-refractivity contribution in [3.8, 4) is 0 Å². The van der Waals surface area contributed by atoms with E-state index in [0.29, 0.717) is 5.92 Å². The lowest BCUT2D eigenvalue weighted by molar-refractivity contribution is 0.248. The minimum atomic E-state index is -0.112. The van der Waals surface area contributed by atoms with Crippen LogP contribution in [-0.4, -0.2) is 12.1 Å². The van der Waals surface area contributed by atoms with E-state index in [-0.39, 0.29) is 12.1 Å². The Morgan fingerprint density at radius 1 is 1.04 bits per heavy atom. The van der Waals surface area contributed by atoms with Crippen LogP contribution < -0.4 is 10.6 Å². The van der Waals surface area contributed by atoms with Crippen molar-refractivity contribution in [1.29, 1.82) is 0 Å². The van der Waals surface area contributed by atoms with Gasteiger partial charge in [-0.2, -0.15) is 0 Å². The van der Waals surface area contributed by atoms with Crippen LogP contribution in [0, 0.1) is 6.92 Å². The molecule has 3 rings (SSSR count). The molecule has 0 aromatic heterocycles. The molecule has 0 bridgehead atoms. The fourth-order valence-corrected chi connectivity index (χ4v) is 3.34. The molecule has 1 aliphatic rings. The molecule has 2 amide bonds. The quantitative estimate of drug-likeness (QED) is 0.866. The third-order valence-electron chi connectivity index (χ3n) is 4.55. The maximum atomic E-state index is 12.4. The van der Waals surface area contributed by atoms with Gasteiger partial charge in [-0.05, 0) is 47.9 Å². The molecule has 23 heavy (non-hydrogen) atoms. The maximum absolute atomic E-state index is 12.4. The number of fused-ring (bicyclic) bond motifs is 1. The molecule has 120 valence electrons. The summed E-state index contributed by atoms with van der Waals surface area (Å²) in [4.78, 5) is 12.4. The summed E-state index contributed by atoms with van der Waals surface area (Å²) in [7, 11) is 0. The maximum Gasteiger partial charge on any atom is 0.319 e. The Labute approximate surface area is 138 Å². The van der Waals surface area contributed by atoms with E-state index in [1.165, 1.54) is 16.7 Å². The summed E-state index contributed by atoms with van der Waals surface area (Å²) in [5, 5.41) is 6.18. The Morgan fingerprint density at radius 3 is 2.30 bits per heavy atom. The smallest absolute Gasteiger partial charge is 0.319 e. The van der Waals surface area contributed by atoms with Crippen LogP contribution in [0.15, 0.2) is 42.5 Å². The molecule has 0 saturated heterocycles. The Kier molecular flexibility index (Phi) is 4.37. The number of anilines is 1. The highest BCUT2D eigenvalue weighted by molar-refractivity contribution is 5.91. The highest BCUT2D eigenvalue weighted by atomic mass is 16.2. The molecule has 2 N–H and O–H groups in total. The Hall–Kier alpha value is -2.29. The number of nitrogens with one attached hydrogen (secondary N) is 2. The molecule has 0 aliphatic heterocycles. The van der Waals surface area contributed by atoms with Crippen molar-refractivity contribution in [3.05, 3.63) is 64.7 Å². The number of hydrogen-bond donors (Lipinski definition) is 2. The van der Waals surface area contributed by atoms with Crippen molar-refractivity contribution in [2.75, 3.05) is 5.32 Å². The van der Waals surface area contributed by atoms with Crippen LogP contribution in [0.5, 0.6) is 0 Å². The zero-order valence-electron chi connectivity index (χ0n) is 14.0. The Balaban J connectivity index is 1.68. The van der Waals surface area contributed by atoms with Crippen molar-refractivity contribution < 1.29 is 4.79 Å². The van der Waals surface area contributed by atoms with Gasteiger partial charge in [0.1, 0.15) is 0 Å². The van der Waals surface area contributed by atoms with Crippen molar-refractivity contribution in [2.45, 2.75) is 45.6 Å². The van der Waals surface area contributed by atoms with Crippen LogP contribution in [0.3, 0.4) is 0 Å². The van der Waals surface area contributed by atoms with Gasteiger partial charge in [0, 0.05) is 11.7 Å². The van der Waals surface area contributed by atoms with Crippen molar-refractivity contribution in [1.82, 2.24) is 5.32 Å². The van der Waals surface area contributed by atoms with Crippen LogP contribution in [0.25, 0.3) is 0 Å². The molecule has 2 aromatic carbocycles. The van der Waals surface area contributed by atoms with Crippen molar-refractivity contribution in [2.24, 2.45) is 0 Å². The number of benzene rings is 2. The normalized spacial score (nSPS) is 13.9. The monoisotopic (exact) mass is 308 g/mol. The summed E-state index contributed by atoms with van der Waals surface area (Å²) in [5.74, 6) is 0.376. The molecule has 0 atom stereocenters. The number of carbonyl (C=O) groups excluding carboxylic acids is 1. The second-order valence-corrected chi connectivity index (χ2v) is 6.67. The van der Waals surface area contributed by atoms with Gasteiger partial charge in [-0.15, -0.1) is 0 Å². The van der Waals surface area contributed by atoms with Crippen LogP contribution in [0.1, 0.15) is 42.0 Å². The first-order valence-electron chi connectivity index (χ1n) is 8.28.